The van der Waals surface area contributed by atoms with Gasteiger partial charge in [-0.3, -0.25) is 0 Å². The smallest absolute Gasteiger partial charge is 0.411 e. The molecular formula is C13H13F3N2O3. The average Bonchev–Trinajstić information content (AvgIpc) is 2.84. The van der Waals surface area contributed by atoms with Crippen molar-refractivity contribution in [2.24, 2.45) is 0 Å². The van der Waals surface area contributed by atoms with Gasteiger partial charge >= 0.3 is 12.1 Å². The summed E-state index contributed by atoms with van der Waals surface area (Å²) in [6, 6.07) is 4.95. The Morgan fingerprint density at radius 1 is 1.38 bits per heavy atom. The van der Waals surface area contributed by atoms with E-state index in [0.29, 0.717) is 22.4 Å². The van der Waals surface area contributed by atoms with Crippen LogP contribution in [0.3, 0.4) is 0 Å². The molecular weight excluding hydrogens is 289 g/mol. The number of aromatic amines is 1. The minimum absolute atomic E-state index is 0.118. The normalized spacial score (nSPS) is 11.8. The van der Waals surface area contributed by atoms with Crippen LogP contribution in [0.5, 0.6) is 0 Å². The molecule has 0 aliphatic rings. The fraction of sp³-hybridized carbons (Fsp3) is 0.385. The molecule has 0 fully saturated rings. The highest BCUT2D eigenvalue weighted by Gasteiger charge is 2.27. The van der Waals surface area contributed by atoms with E-state index in [-0.39, 0.29) is 13.0 Å². The van der Waals surface area contributed by atoms with Crippen LogP contribution in [-0.4, -0.2) is 42.4 Å². The molecule has 0 saturated carbocycles. The molecule has 1 heterocycles. The summed E-state index contributed by atoms with van der Waals surface area (Å²) in [5.41, 5.74) is 1.34. The topological polar surface area (TPSA) is 64.2 Å². The molecule has 5 nitrogen and oxygen atoms in total. The lowest BCUT2D eigenvalue weighted by molar-refractivity contribution is -0.173. The van der Waals surface area contributed by atoms with Gasteiger partial charge < -0.3 is 14.5 Å². The van der Waals surface area contributed by atoms with Crippen LogP contribution < -0.4 is 0 Å². The Hall–Kier alpha value is -2.09. The fourth-order valence-corrected chi connectivity index (χ4v) is 1.83. The Kier molecular flexibility index (Phi) is 4.46. The molecule has 0 bridgehead atoms. The van der Waals surface area contributed by atoms with Crippen molar-refractivity contribution in [3.63, 3.8) is 0 Å². The van der Waals surface area contributed by atoms with Crippen LogP contribution in [0.1, 0.15) is 16.2 Å². The van der Waals surface area contributed by atoms with E-state index >= 15 is 0 Å². The van der Waals surface area contributed by atoms with Crippen LogP contribution in [0.25, 0.3) is 11.0 Å². The molecule has 0 atom stereocenters. The standard InChI is InChI=1S/C13H13F3N2O3/c1-20-12(19)8-3-2-4-9-11(8)18-10(17-9)5-6-21-7-13(14,15)16/h2-4H,5-7H2,1H3,(H,17,18). The fourth-order valence-electron chi connectivity index (χ4n) is 1.83. The number of benzene rings is 1. The highest BCUT2D eigenvalue weighted by Crippen LogP contribution is 2.18. The lowest BCUT2D eigenvalue weighted by Crippen LogP contribution is -2.18. The molecule has 1 aromatic heterocycles. The Labute approximate surface area is 118 Å². The summed E-state index contributed by atoms with van der Waals surface area (Å²) in [7, 11) is 1.26. The maximum Gasteiger partial charge on any atom is 0.411 e. The quantitative estimate of drug-likeness (QED) is 0.681. The van der Waals surface area contributed by atoms with Gasteiger partial charge in [0.2, 0.25) is 0 Å². The Balaban J connectivity index is 2.07. The van der Waals surface area contributed by atoms with E-state index in [1.54, 1.807) is 18.2 Å². The average molecular weight is 302 g/mol. The number of para-hydroxylation sites is 1. The van der Waals surface area contributed by atoms with Crippen molar-refractivity contribution in [1.29, 1.82) is 0 Å². The second kappa shape index (κ2) is 6.13. The van der Waals surface area contributed by atoms with Gasteiger partial charge in [0, 0.05) is 6.42 Å². The molecule has 0 aliphatic carbocycles. The van der Waals surface area contributed by atoms with Gasteiger partial charge in [-0.15, -0.1) is 0 Å². The Morgan fingerprint density at radius 2 is 2.14 bits per heavy atom. The van der Waals surface area contributed by atoms with Gasteiger partial charge in [-0.05, 0) is 12.1 Å². The number of aromatic nitrogens is 2. The minimum atomic E-state index is -4.34. The van der Waals surface area contributed by atoms with Crippen LogP contribution in [0.15, 0.2) is 18.2 Å². The summed E-state index contributed by atoms with van der Waals surface area (Å²) in [5.74, 6) is -0.0736. The Bertz CT molecular complexity index is 637. The summed E-state index contributed by atoms with van der Waals surface area (Å²) in [6.45, 7) is -1.41. The summed E-state index contributed by atoms with van der Waals surface area (Å²) in [5, 5.41) is 0. The summed E-state index contributed by atoms with van der Waals surface area (Å²) in [6.07, 6.45) is -4.16. The number of alkyl halides is 3. The third-order valence-corrected chi connectivity index (χ3v) is 2.72. The van der Waals surface area contributed by atoms with E-state index in [9.17, 15) is 18.0 Å². The van der Waals surface area contributed by atoms with Crippen molar-refractivity contribution in [2.45, 2.75) is 12.6 Å². The molecule has 21 heavy (non-hydrogen) atoms. The first-order chi connectivity index (χ1) is 9.90. The number of nitrogens with one attached hydrogen (secondary N) is 1. The zero-order valence-corrected chi connectivity index (χ0v) is 11.2. The summed E-state index contributed by atoms with van der Waals surface area (Å²) in [4.78, 5) is 18.7. The van der Waals surface area contributed by atoms with Gasteiger partial charge in [0.25, 0.3) is 0 Å². The molecule has 0 unspecified atom stereocenters. The highest BCUT2D eigenvalue weighted by atomic mass is 19.4. The van der Waals surface area contributed by atoms with Crippen molar-refractivity contribution in [1.82, 2.24) is 9.97 Å². The first-order valence-corrected chi connectivity index (χ1v) is 6.11. The highest BCUT2D eigenvalue weighted by molar-refractivity contribution is 6.01. The molecule has 0 saturated heterocycles. The lowest BCUT2D eigenvalue weighted by Gasteiger charge is -2.06. The number of hydrogen-bond acceptors (Lipinski definition) is 4. The second-order valence-corrected chi connectivity index (χ2v) is 4.29. The van der Waals surface area contributed by atoms with Crippen LogP contribution in [0.2, 0.25) is 0 Å². The van der Waals surface area contributed by atoms with E-state index in [2.05, 4.69) is 19.4 Å². The van der Waals surface area contributed by atoms with Crippen molar-refractivity contribution in [2.75, 3.05) is 20.3 Å². The van der Waals surface area contributed by atoms with E-state index in [1.165, 1.54) is 7.11 Å². The maximum atomic E-state index is 11.9. The van der Waals surface area contributed by atoms with Crippen molar-refractivity contribution >= 4 is 17.0 Å². The number of hydrogen-bond donors (Lipinski definition) is 1. The first-order valence-electron chi connectivity index (χ1n) is 6.11. The van der Waals surface area contributed by atoms with E-state index in [1.807, 2.05) is 0 Å². The number of fused-ring (bicyclic) bond motifs is 1. The van der Waals surface area contributed by atoms with E-state index in [4.69, 9.17) is 0 Å². The molecule has 2 aromatic rings. The lowest BCUT2D eigenvalue weighted by atomic mass is 10.2. The Morgan fingerprint density at radius 3 is 2.81 bits per heavy atom. The van der Waals surface area contributed by atoms with Gasteiger partial charge in [0.1, 0.15) is 17.9 Å². The first kappa shape index (κ1) is 15.3. The largest absolute Gasteiger partial charge is 0.465 e. The van der Waals surface area contributed by atoms with Gasteiger partial charge in [-0.1, -0.05) is 6.07 Å². The number of H-pyrrole nitrogens is 1. The molecule has 8 heteroatoms. The van der Waals surface area contributed by atoms with Crippen LogP contribution in [0, 0.1) is 0 Å². The van der Waals surface area contributed by atoms with Gasteiger partial charge in [-0.25, -0.2) is 9.78 Å². The molecule has 114 valence electrons. The number of ether oxygens (including phenoxy) is 2. The predicted octanol–water partition coefficient (Wildman–Crippen LogP) is 2.47. The third kappa shape index (κ3) is 3.94. The molecule has 0 spiro atoms. The number of esters is 1. The second-order valence-electron chi connectivity index (χ2n) is 4.29. The molecule has 0 amide bonds. The zero-order chi connectivity index (χ0) is 15.5. The van der Waals surface area contributed by atoms with E-state index < -0.39 is 18.8 Å². The third-order valence-electron chi connectivity index (χ3n) is 2.72. The zero-order valence-electron chi connectivity index (χ0n) is 11.2. The number of carbonyl (C=O) groups is 1. The number of carbonyl (C=O) groups excluding carboxylic acids is 1. The molecule has 2 rings (SSSR count). The molecule has 0 radical (unpaired) electrons. The van der Waals surface area contributed by atoms with Gasteiger partial charge in [-0.2, -0.15) is 13.2 Å². The van der Waals surface area contributed by atoms with Crippen LogP contribution in [-0.2, 0) is 15.9 Å². The number of nitrogens with zero attached hydrogens (tertiary/aromatic N) is 1. The van der Waals surface area contributed by atoms with Crippen molar-refractivity contribution in [3.05, 3.63) is 29.6 Å². The summed E-state index contributed by atoms with van der Waals surface area (Å²) >= 11 is 0. The van der Waals surface area contributed by atoms with Crippen LogP contribution in [0.4, 0.5) is 13.2 Å². The number of rotatable bonds is 5. The maximum absolute atomic E-state index is 11.9. The van der Waals surface area contributed by atoms with E-state index in [0.717, 1.165) is 0 Å². The number of imidazole rings is 1. The molecule has 1 N–H and O–H groups in total. The monoisotopic (exact) mass is 302 g/mol. The predicted molar refractivity (Wildman–Crippen MR) is 68.0 cm³/mol. The summed E-state index contributed by atoms with van der Waals surface area (Å²) < 4.78 is 45.0. The molecule has 1 aromatic carbocycles. The van der Waals surface area contributed by atoms with Crippen molar-refractivity contribution < 1.29 is 27.4 Å². The number of methoxy groups -OCH3 is 1. The SMILES string of the molecule is COC(=O)c1cccc2[nH]c(CCOCC(F)(F)F)nc12. The van der Waals surface area contributed by atoms with Crippen LogP contribution >= 0.6 is 0 Å². The molecule has 0 aliphatic heterocycles. The van der Waals surface area contributed by atoms with Gasteiger partial charge in [0.15, 0.2) is 0 Å². The number of halogens is 3. The van der Waals surface area contributed by atoms with Crippen molar-refractivity contribution in [3.8, 4) is 0 Å². The minimum Gasteiger partial charge on any atom is -0.465 e. The van der Waals surface area contributed by atoms with Gasteiger partial charge in [0.05, 0.1) is 24.8 Å².